The Morgan fingerprint density at radius 3 is 1.94 bits per heavy atom. The second kappa shape index (κ2) is 9.49. The molecule has 2 amide bonds. The number of rotatable bonds is 1. The van der Waals surface area contributed by atoms with E-state index >= 15 is 0 Å². The topological polar surface area (TPSA) is 32.3 Å². The fraction of sp³-hybridized carbons (Fsp3) is 0.923. The van der Waals surface area contributed by atoms with Crippen molar-refractivity contribution >= 4 is 6.03 Å². The number of hydrogen-bond donors (Lipinski definition) is 1. The van der Waals surface area contributed by atoms with Crippen LogP contribution in [0.1, 0.15) is 59.8 Å². The van der Waals surface area contributed by atoms with Crippen molar-refractivity contribution in [1.82, 2.24) is 10.2 Å². The fourth-order valence-corrected chi connectivity index (χ4v) is 1.59. The number of amides is 2. The zero-order chi connectivity index (χ0) is 12.4. The van der Waals surface area contributed by atoms with Gasteiger partial charge in [-0.25, -0.2) is 4.79 Å². The quantitative estimate of drug-likeness (QED) is 0.733. The van der Waals surface area contributed by atoms with E-state index in [1.165, 1.54) is 32.1 Å². The highest BCUT2D eigenvalue weighted by Gasteiger charge is 2.26. The smallest absolute Gasteiger partial charge is 0.317 e. The molecule has 1 N–H and O–H groups in total. The van der Waals surface area contributed by atoms with Crippen molar-refractivity contribution < 1.29 is 4.79 Å². The monoisotopic (exact) mass is 228 g/mol. The molecule has 1 saturated carbocycles. The Hall–Kier alpha value is -0.730. The van der Waals surface area contributed by atoms with Crippen LogP contribution in [0.2, 0.25) is 0 Å². The molecule has 3 heteroatoms. The molecule has 2 aliphatic rings. The van der Waals surface area contributed by atoms with E-state index in [1.807, 2.05) is 32.6 Å². The van der Waals surface area contributed by atoms with Gasteiger partial charge in [0.25, 0.3) is 0 Å². The van der Waals surface area contributed by atoms with E-state index in [-0.39, 0.29) is 6.03 Å². The second-order valence-corrected chi connectivity index (χ2v) is 3.77. The lowest BCUT2D eigenvalue weighted by molar-refractivity contribution is 0.186. The molecule has 0 unspecified atom stereocenters. The standard InChI is InChI=1S/C9H16N2O.2C2H6/c12-9(10-8-4-5-8)11-6-2-1-3-7-11;2*1-2/h8H,1-7H2,(H,10,12);2*1-2H3. The molecule has 16 heavy (non-hydrogen) atoms. The lowest BCUT2D eigenvalue weighted by Gasteiger charge is -2.26. The fourth-order valence-electron chi connectivity index (χ4n) is 1.59. The third-order valence-electron chi connectivity index (χ3n) is 2.55. The first kappa shape index (κ1) is 15.3. The molecule has 1 aliphatic carbocycles. The normalized spacial score (nSPS) is 18.6. The molecule has 1 saturated heterocycles. The maximum absolute atomic E-state index is 11.5. The van der Waals surface area contributed by atoms with Crippen LogP contribution < -0.4 is 5.32 Å². The molecule has 2 rings (SSSR count). The number of likely N-dealkylation sites (tertiary alicyclic amines) is 1. The maximum Gasteiger partial charge on any atom is 0.317 e. The van der Waals surface area contributed by atoms with E-state index in [1.54, 1.807) is 0 Å². The summed E-state index contributed by atoms with van der Waals surface area (Å²) in [5.74, 6) is 0. The van der Waals surface area contributed by atoms with Gasteiger partial charge in [-0.15, -0.1) is 0 Å². The van der Waals surface area contributed by atoms with Crippen LogP contribution in [0.5, 0.6) is 0 Å². The average Bonchev–Trinajstić information content (AvgIpc) is 3.19. The zero-order valence-corrected chi connectivity index (χ0v) is 11.4. The first-order valence-electron chi connectivity index (χ1n) is 6.92. The number of urea groups is 1. The molecule has 0 bridgehead atoms. The van der Waals surface area contributed by atoms with Crippen molar-refractivity contribution in [3.05, 3.63) is 0 Å². The van der Waals surface area contributed by atoms with E-state index < -0.39 is 0 Å². The molecule has 0 radical (unpaired) electrons. The van der Waals surface area contributed by atoms with Gasteiger partial charge in [0.05, 0.1) is 0 Å². The van der Waals surface area contributed by atoms with Crippen LogP contribution in [0.25, 0.3) is 0 Å². The molecule has 0 aromatic carbocycles. The van der Waals surface area contributed by atoms with Gasteiger partial charge in [-0.3, -0.25) is 0 Å². The predicted octanol–water partition coefficient (Wildman–Crippen LogP) is 3.40. The summed E-state index contributed by atoms with van der Waals surface area (Å²) in [6.45, 7) is 9.91. The highest BCUT2D eigenvalue weighted by atomic mass is 16.2. The summed E-state index contributed by atoms with van der Waals surface area (Å²) in [4.78, 5) is 13.4. The molecule has 0 aromatic heterocycles. The summed E-state index contributed by atoms with van der Waals surface area (Å²) < 4.78 is 0. The Kier molecular flexibility index (Phi) is 9.06. The molecule has 1 aliphatic heterocycles. The van der Waals surface area contributed by atoms with Gasteiger partial charge in [0.1, 0.15) is 0 Å². The molecule has 1 heterocycles. The minimum atomic E-state index is 0.164. The van der Waals surface area contributed by atoms with E-state index in [2.05, 4.69) is 5.32 Å². The predicted molar refractivity (Wildman–Crippen MR) is 69.7 cm³/mol. The van der Waals surface area contributed by atoms with Crippen LogP contribution in [0.3, 0.4) is 0 Å². The Morgan fingerprint density at radius 2 is 1.50 bits per heavy atom. The van der Waals surface area contributed by atoms with E-state index in [0.717, 1.165) is 13.1 Å². The Labute approximate surface area is 101 Å². The first-order valence-corrected chi connectivity index (χ1v) is 6.92. The van der Waals surface area contributed by atoms with Crippen molar-refractivity contribution in [2.75, 3.05) is 13.1 Å². The van der Waals surface area contributed by atoms with Crippen LogP contribution in [-0.2, 0) is 0 Å². The van der Waals surface area contributed by atoms with Crippen LogP contribution in [0.4, 0.5) is 4.79 Å². The molecule has 0 spiro atoms. The lowest BCUT2D eigenvalue weighted by atomic mass is 10.1. The van der Waals surface area contributed by atoms with Gasteiger partial charge < -0.3 is 10.2 Å². The highest BCUT2D eigenvalue weighted by Crippen LogP contribution is 2.19. The van der Waals surface area contributed by atoms with Gasteiger partial charge in [-0.1, -0.05) is 27.7 Å². The minimum absolute atomic E-state index is 0.164. The van der Waals surface area contributed by atoms with Crippen molar-refractivity contribution in [1.29, 1.82) is 0 Å². The summed E-state index contributed by atoms with van der Waals surface area (Å²) >= 11 is 0. The van der Waals surface area contributed by atoms with Gasteiger partial charge in [0, 0.05) is 19.1 Å². The third kappa shape index (κ3) is 5.99. The maximum atomic E-state index is 11.5. The number of nitrogens with one attached hydrogen (secondary N) is 1. The Bertz CT molecular complexity index is 173. The van der Waals surface area contributed by atoms with Crippen molar-refractivity contribution in [3.8, 4) is 0 Å². The van der Waals surface area contributed by atoms with E-state index in [9.17, 15) is 4.79 Å². The summed E-state index contributed by atoms with van der Waals surface area (Å²) in [6, 6.07) is 0.664. The SMILES string of the molecule is CC.CC.O=C(NC1CC1)N1CCCCC1. The van der Waals surface area contributed by atoms with Crippen molar-refractivity contribution in [3.63, 3.8) is 0 Å². The summed E-state index contributed by atoms with van der Waals surface area (Å²) in [6.07, 6.45) is 6.00. The van der Waals surface area contributed by atoms with Crippen LogP contribution in [0, 0.1) is 0 Å². The summed E-state index contributed by atoms with van der Waals surface area (Å²) in [5, 5.41) is 3.01. The van der Waals surface area contributed by atoms with Gasteiger partial charge in [-0.2, -0.15) is 0 Å². The lowest BCUT2D eigenvalue weighted by Crippen LogP contribution is -2.43. The summed E-state index contributed by atoms with van der Waals surface area (Å²) in [5.41, 5.74) is 0. The van der Waals surface area contributed by atoms with E-state index in [4.69, 9.17) is 0 Å². The van der Waals surface area contributed by atoms with Gasteiger partial charge in [0.15, 0.2) is 0 Å². The molecule has 0 atom stereocenters. The van der Waals surface area contributed by atoms with Crippen LogP contribution >= 0.6 is 0 Å². The molecular formula is C13H28N2O. The second-order valence-electron chi connectivity index (χ2n) is 3.77. The first-order chi connectivity index (χ1) is 7.86. The average molecular weight is 228 g/mol. The number of carbonyl (C=O) groups is 1. The molecule has 2 fully saturated rings. The largest absolute Gasteiger partial charge is 0.335 e. The molecule has 0 aromatic rings. The third-order valence-corrected chi connectivity index (χ3v) is 2.55. The van der Waals surface area contributed by atoms with Crippen LogP contribution in [0.15, 0.2) is 0 Å². The van der Waals surface area contributed by atoms with Crippen molar-refractivity contribution in [2.45, 2.75) is 65.8 Å². The van der Waals surface area contributed by atoms with E-state index in [0.29, 0.717) is 6.04 Å². The zero-order valence-electron chi connectivity index (χ0n) is 11.4. The van der Waals surface area contributed by atoms with Crippen LogP contribution in [-0.4, -0.2) is 30.1 Å². The Balaban J connectivity index is 0.000000509. The highest BCUT2D eigenvalue weighted by molar-refractivity contribution is 5.74. The number of hydrogen-bond acceptors (Lipinski definition) is 1. The molecule has 96 valence electrons. The van der Waals surface area contributed by atoms with Crippen molar-refractivity contribution in [2.24, 2.45) is 0 Å². The number of nitrogens with zero attached hydrogens (tertiary/aromatic N) is 1. The minimum Gasteiger partial charge on any atom is -0.335 e. The molecule has 3 nitrogen and oxygen atoms in total. The molecular weight excluding hydrogens is 200 g/mol. The van der Waals surface area contributed by atoms with Gasteiger partial charge in [-0.05, 0) is 32.1 Å². The Morgan fingerprint density at radius 1 is 1.00 bits per heavy atom. The number of piperidine rings is 1. The number of carbonyl (C=O) groups excluding carboxylic acids is 1. The van der Waals surface area contributed by atoms with Gasteiger partial charge >= 0.3 is 6.03 Å². The summed E-state index contributed by atoms with van der Waals surface area (Å²) in [7, 11) is 0. The van der Waals surface area contributed by atoms with Gasteiger partial charge in [0.2, 0.25) is 0 Å².